The van der Waals surface area contributed by atoms with E-state index in [1.807, 2.05) is 12.1 Å². The summed E-state index contributed by atoms with van der Waals surface area (Å²) in [5.74, 6) is 2.84. The summed E-state index contributed by atoms with van der Waals surface area (Å²) in [5.41, 5.74) is 4.41. The van der Waals surface area contributed by atoms with Crippen LogP contribution in [0.4, 0.5) is 0 Å². The zero-order chi connectivity index (χ0) is 35.5. The number of methoxy groups -OCH3 is 2. The average Bonchev–Trinajstić information content (AvgIpc) is 3.12. The van der Waals surface area contributed by atoms with Gasteiger partial charge in [-0.2, -0.15) is 0 Å². The van der Waals surface area contributed by atoms with Crippen LogP contribution in [0.1, 0.15) is 202 Å². The molecule has 2 aromatic carbocycles. The fourth-order valence-corrected chi connectivity index (χ4v) is 7.98. The number of ether oxygens (including phenoxy) is 2. The van der Waals surface area contributed by atoms with Crippen LogP contribution in [-0.4, -0.2) is 24.4 Å². The van der Waals surface area contributed by atoms with Crippen molar-refractivity contribution in [1.82, 2.24) is 0 Å². The normalized spacial score (nSPS) is 19.4. The molecule has 2 N–H and O–H groups in total. The predicted molar refractivity (Wildman–Crippen MR) is 213 cm³/mol. The second-order valence-electron chi connectivity index (χ2n) is 15.5. The molecule has 0 saturated heterocycles. The van der Waals surface area contributed by atoms with Gasteiger partial charge in [-0.1, -0.05) is 154 Å². The summed E-state index contributed by atoms with van der Waals surface area (Å²) < 4.78 is 11.5. The number of hydrogen-bond donors (Lipinski definition) is 2. The van der Waals surface area contributed by atoms with Gasteiger partial charge in [0.1, 0.15) is 23.0 Å². The Morgan fingerprint density at radius 3 is 0.720 bits per heavy atom. The van der Waals surface area contributed by atoms with Crippen LogP contribution in [-0.2, 0) is 25.7 Å². The molecule has 4 nitrogen and oxygen atoms in total. The van der Waals surface area contributed by atoms with Gasteiger partial charge in [-0.25, -0.2) is 0 Å². The van der Waals surface area contributed by atoms with Crippen LogP contribution >= 0.6 is 0 Å². The molecule has 4 bridgehead atoms. The van der Waals surface area contributed by atoms with E-state index in [2.05, 4.69) is 12.1 Å². The molecular weight excluding hydrogens is 617 g/mol. The van der Waals surface area contributed by atoms with Crippen molar-refractivity contribution >= 4 is 0 Å². The number of hydrogen-bond acceptors (Lipinski definition) is 4. The highest BCUT2D eigenvalue weighted by molar-refractivity contribution is 5.47. The molecule has 0 saturated carbocycles. The van der Waals surface area contributed by atoms with Gasteiger partial charge < -0.3 is 19.7 Å². The molecule has 4 aliphatic carbocycles. The van der Waals surface area contributed by atoms with Gasteiger partial charge in [-0.3, -0.25) is 0 Å². The Hall–Kier alpha value is -2.36. The molecule has 6 rings (SSSR count). The Labute approximate surface area is 308 Å². The van der Waals surface area contributed by atoms with E-state index in [4.69, 9.17) is 9.47 Å². The molecule has 0 unspecified atom stereocenters. The summed E-state index contributed by atoms with van der Waals surface area (Å²) in [5, 5.41) is 21.5. The lowest BCUT2D eigenvalue weighted by molar-refractivity contribution is 0.403. The van der Waals surface area contributed by atoms with Gasteiger partial charge in [0.25, 0.3) is 0 Å². The van der Waals surface area contributed by atoms with Crippen LogP contribution in [0.2, 0.25) is 0 Å². The molecule has 50 heavy (non-hydrogen) atoms. The van der Waals surface area contributed by atoms with Crippen molar-refractivity contribution in [3.63, 3.8) is 0 Å². The number of rotatable bonds is 2. The number of phenolic OH excluding ortho intramolecular Hbond substituents is 2. The van der Waals surface area contributed by atoms with Crippen LogP contribution in [0.3, 0.4) is 0 Å². The summed E-state index contributed by atoms with van der Waals surface area (Å²) in [6, 6.07) is 8.17. The van der Waals surface area contributed by atoms with Gasteiger partial charge >= 0.3 is 0 Å². The molecule has 0 atom stereocenters. The third-order valence-corrected chi connectivity index (χ3v) is 11.2. The van der Waals surface area contributed by atoms with Crippen molar-refractivity contribution in [2.24, 2.45) is 0 Å². The van der Waals surface area contributed by atoms with E-state index >= 15 is 0 Å². The number of aromatic hydroxyl groups is 2. The quantitative estimate of drug-likeness (QED) is 0.329. The SMILES string of the molecule is COc1cc2c(O)cc1CCCCCCCCCCCCCCCCc1cc(OC)c(cc1O)CCCCCCCCCCCCCCCC2. The monoisotopic (exact) mass is 693 g/mol. The molecule has 0 aliphatic heterocycles. The highest BCUT2D eigenvalue weighted by atomic mass is 16.5. The summed E-state index contributed by atoms with van der Waals surface area (Å²) >= 11 is 0. The summed E-state index contributed by atoms with van der Waals surface area (Å²) in [6.07, 6.45) is 40.4. The predicted octanol–water partition coefficient (Wildman–Crippen LogP) is 13.9. The molecular formula is C46H76O4. The van der Waals surface area contributed by atoms with Crippen LogP contribution in [0.5, 0.6) is 23.0 Å². The van der Waals surface area contributed by atoms with E-state index in [-0.39, 0.29) is 0 Å². The largest absolute Gasteiger partial charge is 0.508 e. The minimum Gasteiger partial charge on any atom is -0.508 e. The van der Waals surface area contributed by atoms with E-state index in [1.165, 1.54) is 154 Å². The Morgan fingerprint density at radius 1 is 0.300 bits per heavy atom. The topological polar surface area (TPSA) is 58.9 Å². The minimum atomic E-state index is 0.461. The number of benzene rings is 2. The fourth-order valence-electron chi connectivity index (χ4n) is 7.98. The van der Waals surface area contributed by atoms with E-state index in [1.54, 1.807) is 14.2 Å². The van der Waals surface area contributed by atoms with E-state index < -0.39 is 0 Å². The Bertz CT molecular complexity index is 1050. The number of aryl methyl sites for hydroxylation is 4. The second kappa shape index (κ2) is 27.3. The minimum absolute atomic E-state index is 0.461. The van der Waals surface area contributed by atoms with Crippen LogP contribution in [0.15, 0.2) is 24.3 Å². The summed E-state index contributed by atoms with van der Waals surface area (Å²) in [6.45, 7) is 0. The Balaban J connectivity index is 1.38. The molecule has 0 aromatic heterocycles. The maximum Gasteiger partial charge on any atom is 0.122 e. The molecule has 4 aliphatic rings. The first-order valence-electron chi connectivity index (χ1n) is 21.4. The molecule has 0 fully saturated rings. The van der Waals surface area contributed by atoms with Crippen LogP contribution in [0.25, 0.3) is 0 Å². The highest BCUT2D eigenvalue weighted by Crippen LogP contribution is 2.32. The van der Waals surface area contributed by atoms with Gasteiger partial charge in [0.15, 0.2) is 0 Å². The smallest absolute Gasteiger partial charge is 0.122 e. The van der Waals surface area contributed by atoms with Crippen LogP contribution < -0.4 is 9.47 Å². The standard InChI is InChI=1S/C46H76O4/c1-49-45-37-39-31-27-23-19-15-11-7-4-6-10-14-18-22-26-30-34-42-36-44(48)40(38-46(42)50-2)32-28-24-20-16-12-8-3-5-9-13-17-21-25-29-33-41(45)35-43(39)47/h35-38,47-48H,3-34H2,1-2H3. The van der Waals surface area contributed by atoms with Crippen LogP contribution in [0, 0.1) is 0 Å². The Kier molecular flexibility index (Phi) is 23.0. The number of phenols is 2. The lowest BCUT2D eigenvalue weighted by Gasteiger charge is -2.13. The van der Waals surface area contributed by atoms with E-state index in [0.29, 0.717) is 11.5 Å². The first-order chi connectivity index (χ1) is 24.6. The van der Waals surface area contributed by atoms with Gasteiger partial charge in [0.2, 0.25) is 0 Å². The first-order valence-corrected chi connectivity index (χ1v) is 21.4. The van der Waals surface area contributed by atoms with Gasteiger partial charge in [0.05, 0.1) is 14.2 Å². The van der Waals surface area contributed by atoms with Crippen molar-refractivity contribution in [2.45, 2.75) is 205 Å². The van der Waals surface area contributed by atoms with Crippen molar-refractivity contribution in [3.8, 4) is 23.0 Å². The van der Waals surface area contributed by atoms with Crippen molar-refractivity contribution in [1.29, 1.82) is 0 Å². The Morgan fingerprint density at radius 2 is 0.500 bits per heavy atom. The molecule has 4 heteroatoms. The van der Waals surface area contributed by atoms with Crippen molar-refractivity contribution in [2.75, 3.05) is 14.2 Å². The maximum absolute atomic E-state index is 10.7. The first kappa shape index (κ1) is 42.1. The maximum atomic E-state index is 10.7. The zero-order valence-electron chi connectivity index (χ0n) is 32.6. The lowest BCUT2D eigenvalue weighted by atomic mass is 9.98. The summed E-state index contributed by atoms with van der Waals surface area (Å²) in [7, 11) is 3.54. The molecule has 2 aromatic rings. The fraction of sp³-hybridized carbons (Fsp3) is 0.739. The molecule has 284 valence electrons. The van der Waals surface area contributed by atoms with Gasteiger partial charge in [0, 0.05) is 0 Å². The van der Waals surface area contributed by atoms with Gasteiger partial charge in [-0.05, 0) is 97.9 Å². The third-order valence-electron chi connectivity index (χ3n) is 11.2. The van der Waals surface area contributed by atoms with Gasteiger partial charge in [-0.15, -0.1) is 0 Å². The average molecular weight is 693 g/mol. The molecule has 0 spiro atoms. The molecule has 0 heterocycles. The summed E-state index contributed by atoms with van der Waals surface area (Å²) in [4.78, 5) is 0. The second-order valence-corrected chi connectivity index (χ2v) is 15.5. The van der Waals surface area contributed by atoms with E-state index in [0.717, 1.165) is 85.1 Å². The molecule has 0 amide bonds. The third kappa shape index (κ3) is 17.7. The van der Waals surface area contributed by atoms with Crippen molar-refractivity contribution < 1.29 is 19.7 Å². The highest BCUT2D eigenvalue weighted by Gasteiger charge is 2.12. The zero-order valence-corrected chi connectivity index (χ0v) is 32.6. The van der Waals surface area contributed by atoms with Crippen molar-refractivity contribution in [3.05, 3.63) is 46.5 Å². The van der Waals surface area contributed by atoms with E-state index in [9.17, 15) is 10.2 Å². The molecule has 0 radical (unpaired) electrons. The lowest BCUT2D eigenvalue weighted by Crippen LogP contribution is -1.96.